The number of hydrogen-bond donors (Lipinski definition) is 5. The minimum absolute atomic E-state index is 0.437. The van der Waals surface area contributed by atoms with Crippen LogP contribution in [0.2, 0.25) is 0 Å². The minimum atomic E-state index is -1.28. The number of carbonyl (C=O) groups is 1. The first-order valence-corrected chi connectivity index (χ1v) is 5.20. The predicted molar refractivity (Wildman–Crippen MR) is 55.2 cm³/mol. The number of aliphatic hydroxyl groups excluding tert-OH is 3. The molecule has 8 heteroatoms. The number of rotatable bonds is 2. The lowest BCUT2D eigenvalue weighted by atomic mass is 10.1. The highest BCUT2D eigenvalue weighted by atomic mass is 16.6. The van der Waals surface area contributed by atoms with Crippen molar-refractivity contribution in [2.75, 3.05) is 6.61 Å². The van der Waals surface area contributed by atoms with Crippen molar-refractivity contribution >= 4 is 6.03 Å². The SMILES string of the molecule is NC1C=CN([C@@H]2O[C@H](CO)[C@@H](O)[C@H]2O)C(=O)N1. The first kappa shape index (κ1) is 12.3. The second-order valence-corrected chi connectivity index (χ2v) is 3.95. The van der Waals surface area contributed by atoms with Gasteiger partial charge in [0.25, 0.3) is 0 Å². The summed E-state index contributed by atoms with van der Waals surface area (Å²) in [4.78, 5) is 12.7. The van der Waals surface area contributed by atoms with Gasteiger partial charge in [-0.1, -0.05) is 0 Å². The van der Waals surface area contributed by atoms with Crippen LogP contribution in [-0.2, 0) is 4.74 Å². The molecule has 2 amide bonds. The molecule has 2 aliphatic heterocycles. The largest absolute Gasteiger partial charge is 0.394 e. The summed E-state index contributed by atoms with van der Waals surface area (Å²) in [6.45, 7) is -0.437. The van der Waals surface area contributed by atoms with Gasteiger partial charge in [0.15, 0.2) is 6.23 Å². The van der Waals surface area contributed by atoms with Crippen molar-refractivity contribution in [3.63, 3.8) is 0 Å². The number of nitrogens with two attached hydrogens (primary N) is 1. The van der Waals surface area contributed by atoms with Crippen molar-refractivity contribution in [3.8, 4) is 0 Å². The quantitative estimate of drug-likeness (QED) is 0.359. The van der Waals surface area contributed by atoms with Crippen molar-refractivity contribution in [2.45, 2.75) is 30.7 Å². The highest BCUT2D eigenvalue weighted by Crippen LogP contribution is 2.25. The molecule has 0 aromatic rings. The molecule has 1 fully saturated rings. The van der Waals surface area contributed by atoms with Gasteiger partial charge in [0.05, 0.1) is 12.8 Å². The van der Waals surface area contributed by atoms with E-state index in [0.29, 0.717) is 0 Å². The van der Waals surface area contributed by atoms with E-state index in [4.69, 9.17) is 15.6 Å². The Labute approximate surface area is 97.3 Å². The fourth-order valence-corrected chi connectivity index (χ4v) is 1.83. The Kier molecular flexibility index (Phi) is 3.31. The lowest BCUT2D eigenvalue weighted by molar-refractivity contribution is -0.0660. The first-order chi connectivity index (χ1) is 8.04. The number of amides is 2. The average Bonchev–Trinajstić information content (AvgIpc) is 2.57. The third kappa shape index (κ3) is 2.13. The molecule has 17 heavy (non-hydrogen) atoms. The summed E-state index contributed by atoms with van der Waals surface area (Å²) in [7, 11) is 0. The highest BCUT2D eigenvalue weighted by molar-refractivity contribution is 5.77. The van der Waals surface area contributed by atoms with Crippen molar-refractivity contribution in [3.05, 3.63) is 12.3 Å². The summed E-state index contributed by atoms with van der Waals surface area (Å²) in [5.41, 5.74) is 5.46. The number of carbonyl (C=O) groups excluding carboxylic acids is 1. The van der Waals surface area contributed by atoms with Crippen LogP contribution >= 0.6 is 0 Å². The van der Waals surface area contributed by atoms with Crippen LogP contribution < -0.4 is 11.1 Å². The second kappa shape index (κ2) is 4.59. The summed E-state index contributed by atoms with van der Waals surface area (Å²) in [5, 5.41) is 30.6. The van der Waals surface area contributed by atoms with E-state index in [1.807, 2.05) is 0 Å². The maximum absolute atomic E-state index is 11.6. The number of urea groups is 1. The van der Waals surface area contributed by atoms with Gasteiger partial charge in [0.2, 0.25) is 0 Å². The molecule has 0 spiro atoms. The Hall–Kier alpha value is -1.19. The van der Waals surface area contributed by atoms with Gasteiger partial charge in [0.1, 0.15) is 18.3 Å². The van der Waals surface area contributed by atoms with Crippen molar-refractivity contribution < 1.29 is 24.9 Å². The second-order valence-electron chi connectivity index (χ2n) is 3.95. The van der Waals surface area contributed by atoms with E-state index in [-0.39, 0.29) is 0 Å². The summed E-state index contributed by atoms with van der Waals surface area (Å²) in [6.07, 6.45) is -2.16. The van der Waals surface area contributed by atoms with Gasteiger partial charge in [-0.25, -0.2) is 4.79 Å². The Balaban J connectivity index is 2.13. The maximum Gasteiger partial charge on any atom is 0.325 e. The zero-order chi connectivity index (χ0) is 12.6. The van der Waals surface area contributed by atoms with Gasteiger partial charge in [-0.05, 0) is 6.08 Å². The molecule has 1 unspecified atom stereocenters. The van der Waals surface area contributed by atoms with Crippen molar-refractivity contribution in [1.29, 1.82) is 0 Å². The third-order valence-corrected chi connectivity index (χ3v) is 2.77. The fourth-order valence-electron chi connectivity index (χ4n) is 1.83. The molecule has 6 N–H and O–H groups in total. The summed E-state index contributed by atoms with van der Waals surface area (Å²) in [6, 6.07) is -0.533. The van der Waals surface area contributed by atoms with Crippen LogP contribution in [0.15, 0.2) is 12.3 Å². The summed E-state index contributed by atoms with van der Waals surface area (Å²) in [5.74, 6) is 0. The average molecular weight is 245 g/mol. The standard InChI is InChI=1S/C9H15N3O5/c10-5-1-2-12(9(16)11-5)8-7(15)6(14)4(3-13)17-8/h1-2,4-8,13-15H,3,10H2,(H,11,16)/t4-,5?,6-,7-,8-/m1/s1. The predicted octanol–water partition coefficient (Wildman–Crippen LogP) is -2.75. The Morgan fingerprint density at radius 3 is 2.71 bits per heavy atom. The van der Waals surface area contributed by atoms with Gasteiger partial charge >= 0.3 is 6.03 Å². The normalized spacial score (nSPS) is 41.8. The topological polar surface area (TPSA) is 128 Å². The van der Waals surface area contributed by atoms with Crippen LogP contribution in [0.4, 0.5) is 4.79 Å². The fraction of sp³-hybridized carbons (Fsp3) is 0.667. The van der Waals surface area contributed by atoms with Gasteiger partial charge < -0.3 is 31.1 Å². The van der Waals surface area contributed by atoms with Crippen LogP contribution in [0.5, 0.6) is 0 Å². The van der Waals surface area contributed by atoms with Gasteiger partial charge in [0, 0.05) is 6.20 Å². The van der Waals surface area contributed by atoms with E-state index in [1.165, 1.54) is 12.3 Å². The van der Waals surface area contributed by atoms with E-state index >= 15 is 0 Å². The van der Waals surface area contributed by atoms with E-state index in [0.717, 1.165) is 4.90 Å². The minimum Gasteiger partial charge on any atom is -0.394 e. The molecule has 8 nitrogen and oxygen atoms in total. The van der Waals surface area contributed by atoms with Gasteiger partial charge in [-0.3, -0.25) is 4.90 Å². The Morgan fingerprint density at radius 1 is 1.47 bits per heavy atom. The molecule has 5 atom stereocenters. The molecule has 0 aromatic carbocycles. The Bertz CT molecular complexity index is 337. The molecule has 1 saturated heterocycles. The molecule has 96 valence electrons. The zero-order valence-corrected chi connectivity index (χ0v) is 8.93. The molecule has 2 rings (SSSR count). The van der Waals surface area contributed by atoms with E-state index < -0.39 is 43.3 Å². The Morgan fingerprint density at radius 2 is 2.18 bits per heavy atom. The van der Waals surface area contributed by atoms with Crippen LogP contribution in [0, 0.1) is 0 Å². The van der Waals surface area contributed by atoms with Crippen molar-refractivity contribution in [2.24, 2.45) is 5.73 Å². The zero-order valence-electron chi connectivity index (χ0n) is 8.93. The molecule has 0 saturated carbocycles. The number of hydrogen-bond acceptors (Lipinski definition) is 6. The highest BCUT2D eigenvalue weighted by Gasteiger charge is 2.46. The molecular formula is C9H15N3O5. The van der Waals surface area contributed by atoms with E-state index in [1.54, 1.807) is 0 Å². The number of nitrogens with one attached hydrogen (secondary N) is 1. The monoisotopic (exact) mass is 245 g/mol. The van der Waals surface area contributed by atoms with Crippen LogP contribution in [0.25, 0.3) is 0 Å². The lowest BCUT2D eigenvalue weighted by Gasteiger charge is -2.31. The number of nitrogens with zero attached hydrogens (tertiary/aromatic N) is 1. The molecule has 0 radical (unpaired) electrons. The third-order valence-electron chi connectivity index (χ3n) is 2.77. The summed E-state index contributed by atoms with van der Waals surface area (Å²) >= 11 is 0. The van der Waals surface area contributed by atoms with Crippen LogP contribution in [-0.4, -0.2) is 63.6 Å². The lowest BCUT2D eigenvalue weighted by Crippen LogP contribution is -2.55. The number of ether oxygens (including phenoxy) is 1. The van der Waals surface area contributed by atoms with Crippen LogP contribution in [0.3, 0.4) is 0 Å². The molecule has 2 aliphatic rings. The van der Waals surface area contributed by atoms with Crippen molar-refractivity contribution in [1.82, 2.24) is 10.2 Å². The molecule has 0 aromatic heterocycles. The van der Waals surface area contributed by atoms with E-state index in [9.17, 15) is 15.0 Å². The first-order valence-electron chi connectivity index (χ1n) is 5.20. The maximum atomic E-state index is 11.6. The van der Waals surface area contributed by atoms with Gasteiger partial charge in [-0.2, -0.15) is 0 Å². The smallest absolute Gasteiger partial charge is 0.325 e. The van der Waals surface area contributed by atoms with Crippen LogP contribution in [0.1, 0.15) is 0 Å². The molecule has 2 heterocycles. The molecular weight excluding hydrogens is 230 g/mol. The summed E-state index contributed by atoms with van der Waals surface area (Å²) < 4.78 is 5.20. The number of aliphatic hydroxyl groups is 3. The van der Waals surface area contributed by atoms with E-state index in [2.05, 4.69) is 5.32 Å². The molecule has 0 aliphatic carbocycles. The molecule has 0 bridgehead atoms. The van der Waals surface area contributed by atoms with Gasteiger partial charge in [-0.15, -0.1) is 0 Å².